The van der Waals surface area contributed by atoms with Crippen LogP contribution in [0.4, 0.5) is 0 Å². The molecular weight excluding hydrogens is 274 g/mol. The molecule has 1 heterocycles. The van der Waals surface area contributed by atoms with Gasteiger partial charge in [-0.2, -0.15) is 0 Å². The molecule has 0 aliphatic rings. The molecule has 3 rings (SSSR count). The fourth-order valence-corrected chi connectivity index (χ4v) is 2.20. The van der Waals surface area contributed by atoms with E-state index in [0.29, 0.717) is 27.3 Å². The fraction of sp³-hybridized carbons (Fsp3) is 0. The van der Waals surface area contributed by atoms with Crippen molar-refractivity contribution in [2.75, 3.05) is 0 Å². The van der Waals surface area contributed by atoms with Crippen molar-refractivity contribution in [2.24, 2.45) is 5.73 Å². The summed E-state index contributed by atoms with van der Waals surface area (Å²) in [6.45, 7) is 0. The van der Waals surface area contributed by atoms with Crippen LogP contribution in [-0.2, 0) is 0 Å². The van der Waals surface area contributed by atoms with Gasteiger partial charge in [-0.05, 0) is 24.3 Å². The van der Waals surface area contributed by atoms with Crippen LogP contribution in [0.25, 0.3) is 22.3 Å². The van der Waals surface area contributed by atoms with Gasteiger partial charge >= 0.3 is 0 Å². The molecule has 0 atom stereocenters. The van der Waals surface area contributed by atoms with Crippen molar-refractivity contribution in [3.63, 3.8) is 0 Å². The Hall–Kier alpha value is -2.46. The van der Waals surface area contributed by atoms with E-state index >= 15 is 0 Å². The third-order valence-electron chi connectivity index (χ3n) is 2.98. The smallest absolute Gasteiger partial charge is 0.248 e. The molecule has 2 aromatic carbocycles. The molecule has 1 aromatic heterocycles. The number of benzene rings is 2. The van der Waals surface area contributed by atoms with Gasteiger partial charge < -0.3 is 5.73 Å². The van der Waals surface area contributed by atoms with Crippen LogP contribution in [0, 0.1) is 0 Å². The van der Waals surface area contributed by atoms with Gasteiger partial charge in [0.15, 0.2) is 0 Å². The standard InChI is InChI=1S/C15H10ClN3O/c16-11-4-2-1-3-10(11)14-8-18-12-6-5-9(15(17)20)7-13(12)19-14/h1-8H,(H2,17,20). The average molecular weight is 284 g/mol. The van der Waals surface area contributed by atoms with Crippen LogP contribution in [0.15, 0.2) is 48.7 Å². The lowest BCUT2D eigenvalue weighted by Gasteiger charge is -2.05. The molecule has 0 saturated carbocycles. The molecule has 1 amide bonds. The van der Waals surface area contributed by atoms with Gasteiger partial charge in [0.1, 0.15) is 0 Å². The zero-order valence-electron chi connectivity index (χ0n) is 10.4. The quantitative estimate of drug-likeness (QED) is 0.786. The average Bonchev–Trinajstić information content (AvgIpc) is 2.46. The van der Waals surface area contributed by atoms with Crippen molar-refractivity contribution in [1.29, 1.82) is 0 Å². The number of aromatic nitrogens is 2. The topological polar surface area (TPSA) is 68.9 Å². The fourth-order valence-electron chi connectivity index (χ4n) is 1.96. The molecule has 0 unspecified atom stereocenters. The molecule has 0 fully saturated rings. The van der Waals surface area contributed by atoms with E-state index in [0.717, 1.165) is 5.56 Å². The molecule has 0 aliphatic carbocycles. The van der Waals surface area contributed by atoms with Crippen LogP contribution in [0.5, 0.6) is 0 Å². The molecule has 3 aromatic rings. The Balaban J connectivity index is 2.19. The van der Waals surface area contributed by atoms with Gasteiger partial charge in [-0.3, -0.25) is 9.78 Å². The van der Waals surface area contributed by atoms with E-state index in [2.05, 4.69) is 9.97 Å². The number of rotatable bonds is 2. The molecule has 98 valence electrons. The molecule has 0 aliphatic heterocycles. The second-order valence-electron chi connectivity index (χ2n) is 4.30. The lowest BCUT2D eigenvalue weighted by Crippen LogP contribution is -2.10. The summed E-state index contributed by atoms with van der Waals surface area (Å²) in [6, 6.07) is 12.4. The number of nitrogens with two attached hydrogens (primary N) is 1. The summed E-state index contributed by atoms with van der Waals surface area (Å²) in [5.74, 6) is -0.489. The maximum atomic E-state index is 11.2. The summed E-state index contributed by atoms with van der Waals surface area (Å²) >= 11 is 6.15. The van der Waals surface area contributed by atoms with Crippen molar-refractivity contribution < 1.29 is 4.79 Å². The van der Waals surface area contributed by atoms with Crippen LogP contribution in [-0.4, -0.2) is 15.9 Å². The van der Waals surface area contributed by atoms with E-state index in [1.54, 1.807) is 30.5 Å². The van der Waals surface area contributed by atoms with E-state index < -0.39 is 5.91 Å². The molecule has 20 heavy (non-hydrogen) atoms. The highest BCUT2D eigenvalue weighted by molar-refractivity contribution is 6.33. The summed E-state index contributed by atoms with van der Waals surface area (Å²) < 4.78 is 0. The molecule has 5 heteroatoms. The summed E-state index contributed by atoms with van der Waals surface area (Å²) in [5, 5.41) is 0.604. The van der Waals surface area contributed by atoms with Gasteiger partial charge in [0, 0.05) is 11.1 Å². The van der Waals surface area contributed by atoms with Crippen molar-refractivity contribution in [3.05, 3.63) is 59.2 Å². The Morgan fingerprint density at radius 3 is 2.65 bits per heavy atom. The highest BCUT2D eigenvalue weighted by Crippen LogP contribution is 2.26. The summed E-state index contributed by atoms with van der Waals surface area (Å²) in [7, 11) is 0. The Kier molecular flexibility index (Phi) is 3.08. The van der Waals surface area contributed by atoms with Crippen molar-refractivity contribution in [2.45, 2.75) is 0 Å². The number of halogens is 1. The second-order valence-corrected chi connectivity index (χ2v) is 4.71. The van der Waals surface area contributed by atoms with Gasteiger partial charge in [0.05, 0.1) is 27.9 Å². The zero-order chi connectivity index (χ0) is 14.1. The first-order chi connectivity index (χ1) is 9.65. The van der Waals surface area contributed by atoms with Gasteiger partial charge in [0.2, 0.25) is 5.91 Å². The third-order valence-corrected chi connectivity index (χ3v) is 3.31. The predicted octanol–water partition coefficient (Wildman–Crippen LogP) is 3.05. The number of fused-ring (bicyclic) bond motifs is 1. The predicted molar refractivity (Wildman–Crippen MR) is 78.5 cm³/mol. The second kappa shape index (κ2) is 4.90. The Morgan fingerprint density at radius 2 is 1.90 bits per heavy atom. The van der Waals surface area contributed by atoms with E-state index in [1.165, 1.54) is 0 Å². The van der Waals surface area contributed by atoms with Crippen molar-refractivity contribution in [3.8, 4) is 11.3 Å². The number of hydrogen-bond acceptors (Lipinski definition) is 3. The van der Waals surface area contributed by atoms with Crippen molar-refractivity contribution in [1.82, 2.24) is 9.97 Å². The molecule has 4 nitrogen and oxygen atoms in total. The van der Waals surface area contributed by atoms with Gasteiger partial charge in [0.25, 0.3) is 0 Å². The Bertz CT molecular complexity index is 817. The SMILES string of the molecule is NC(=O)c1ccc2ncc(-c3ccccc3Cl)nc2c1. The lowest BCUT2D eigenvalue weighted by molar-refractivity contribution is 0.100. The summed E-state index contributed by atoms with van der Waals surface area (Å²) in [5.41, 5.74) is 8.44. The summed E-state index contributed by atoms with van der Waals surface area (Å²) in [6.07, 6.45) is 1.66. The number of nitrogens with zero attached hydrogens (tertiary/aromatic N) is 2. The number of hydrogen-bond donors (Lipinski definition) is 1. The molecule has 0 radical (unpaired) electrons. The van der Waals surface area contributed by atoms with Crippen LogP contribution >= 0.6 is 11.6 Å². The normalized spacial score (nSPS) is 10.7. The zero-order valence-corrected chi connectivity index (χ0v) is 11.1. The molecule has 0 bridgehead atoms. The number of amides is 1. The van der Waals surface area contributed by atoms with Gasteiger partial charge in [-0.1, -0.05) is 29.8 Å². The number of carbonyl (C=O) groups excluding carboxylic acids is 1. The summed E-state index contributed by atoms with van der Waals surface area (Å²) in [4.78, 5) is 20.0. The van der Waals surface area contributed by atoms with Gasteiger partial charge in [-0.25, -0.2) is 4.98 Å². The van der Waals surface area contributed by atoms with E-state index in [1.807, 2.05) is 18.2 Å². The third kappa shape index (κ3) is 2.21. The highest BCUT2D eigenvalue weighted by atomic mass is 35.5. The molecular formula is C15H10ClN3O. The largest absolute Gasteiger partial charge is 0.366 e. The van der Waals surface area contributed by atoms with Crippen LogP contribution in [0.3, 0.4) is 0 Å². The Morgan fingerprint density at radius 1 is 1.10 bits per heavy atom. The molecule has 0 spiro atoms. The molecule has 0 saturated heterocycles. The first-order valence-electron chi connectivity index (χ1n) is 5.96. The number of primary amides is 1. The minimum atomic E-state index is -0.489. The first-order valence-corrected chi connectivity index (χ1v) is 6.34. The number of carbonyl (C=O) groups is 1. The lowest BCUT2D eigenvalue weighted by atomic mass is 10.1. The molecule has 2 N–H and O–H groups in total. The Labute approximate surface area is 120 Å². The van der Waals surface area contributed by atoms with Crippen LogP contribution in [0.1, 0.15) is 10.4 Å². The maximum absolute atomic E-state index is 11.2. The van der Waals surface area contributed by atoms with Crippen molar-refractivity contribution >= 4 is 28.5 Å². The monoisotopic (exact) mass is 283 g/mol. The van der Waals surface area contributed by atoms with E-state index in [4.69, 9.17) is 17.3 Å². The van der Waals surface area contributed by atoms with E-state index in [-0.39, 0.29) is 0 Å². The van der Waals surface area contributed by atoms with Crippen LogP contribution in [0.2, 0.25) is 5.02 Å². The first kappa shape index (κ1) is 12.6. The van der Waals surface area contributed by atoms with E-state index in [9.17, 15) is 4.79 Å². The minimum Gasteiger partial charge on any atom is -0.366 e. The van der Waals surface area contributed by atoms with Gasteiger partial charge in [-0.15, -0.1) is 0 Å². The minimum absolute atomic E-state index is 0.406. The van der Waals surface area contributed by atoms with Crippen LogP contribution < -0.4 is 5.73 Å². The highest BCUT2D eigenvalue weighted by Gasteiger charge is 2.08. The maximum Gasteiger partial charge on any atom is 0.248 e.